The Labute approximate surface area is 129 Å². The van der Waals surface area contributed by atoms with Gasteiger partial charge in [0.05, 0.1) is 21.9 Å². The lowest BCUT2D eigenvalue weighted by molar-refractivity contribution is 0.104. The molecule has 0 aliphatic heterocycles. The van der Waals surface area contributed by atoms with Gasteiger partial charge in [0, 0.05) is 17.8 Å². The van der Waals surface area contributed by atoms with Gasteiger partial charge in [-0.15, -0.1) is 0 Å². The molecule has 0 atom stereocenters. The van der Waals surface area contributed by atoms with Gasteiger partial charge < -0.3 is 10.4 Å². The molecule has 0 spiro atoms. The normalized spacial score (nSPS) is 16.0. The van der Waals surface area contributed by atoms with Gasteiger partial charge in [-0.05, 0) is 45.9 Å². The van der Waals surface area contributed by atoms with Crippen LogP contribution in [-0.2, 0) is 0 Å². The summed E-state index contributed by atoms with van der Waals surface area (Å²) in [7, 11) is 0. The SMILES string of the molecule is CC(C)N=C1C=CC(=O)c2c(NC(C)C)cc(Cl)c(O)c21. The number of phenolic OH excluding ortho intramolecular Hbond substituents is 1. The number of anilines is 1. The van der Waals surface area contributed by atoms with Crippen LogP contribution in [0.15, 0.2) is 23.2 Å². The molecule has 0 fully saturated rings. The second-order valence-electron chi connectivity index (χ2n) is 5.61. The summed E-state index contributed by atoms with van der Waals surface area (Å²) < 4.78 is 0. The van der Waals surface area contributed by atoms with E-state index in [-0.39, 0.29) is 28.6 Å². The summed E-state index contributed by atoms with van der Waals surface area (Å²) in [6.07, 6.45) is 3.10. The summed E-state index contributed by atoms with van der Waals surface area (Å²) in [5.74, 6) is -0.263. The highest BCUT2D eigenvalue weighted by molar-refractivity contribution is 6.35. The second-order valence-corrected chi connectivity index (χ2v) is 6.02. The number of rotatable bonds is 3. The number of aromatic hydroxyl groups is 1. The Morgan fingerprint density at radius 3 is 2.43 bits per heavy atom. The molecule has 0 aromatic heterocycles. The molecule has 5 heteroatoms. The molecule has 2 rings (SSSR count). The fourth-order valence-corrected chi connectivity index (χ4v) is 2.48. The topological polar surface area (TPSA) is 61.7 Å². The Balaban J connectivity index is 2.73. The first-order valence-electron chi connectivity index (χ1n) is 6.93. The van der Waals surface area contributed by atoms with Crippen LogP contribution in [0.1, 0.15) is 43.6 Å². The second kappa shape index (κ2) is 5.90. The van der Waals surface area contributed by atoms with E-state index in [0.29, 0.717) is 22.5 Å². The molecule has 112 valence electrons. The number of halogens is 1. The zero-order valence-corrected chi connectivity index (χ0v) is 13.3. The van der Waals surface area contributed by atoms with Gasteiger partial charge >= 0.3 is 0 Å². The first-order chi connectivity index (χ1) is 9.81. The Hall–Kier alpha value is -1.81. The van der Waals surface area contributed by atoms with Crippen molar-refractivity contribution in [3.63, 3.8) is 0 Å². The van der Waals surface area contributed by atoms with E-state index >= 15 is 0 Å². The van der Waals surface area contributed by atoms with Crippen molar-refractivity contribution in [1.82, 2.24) is 0 Å². The quantitative estimate of drug-likeness (QED) is 0.835. The third kappa shape index (κ3) is 3.10. The number of carbonyl (C=O) groups excluding carboxylic acids is 1. The predicted molar refractivity (Wildman–Crippen MR) is 87.0 cm³/mol. The van der Waals surface area contributed by atoms with Crippen LogP contribution in [0.5, 0.6) is 5.75 Å². The number of nitrogens with zero attached hydrogens (tertiary/aromatic N) is 1. The lowest BCUT2D eigenvalue weighted by Crippen LogP contribution is -2.19. The number of carbonyl (C=O) groups is 1. The Morgan fingerprint density at radius 2 is 1.86 bits per heavy atom. The van der Waals surface area contributed by atoms with Crippen LogP contribution in [0.3, 0.4) is 0 Å². The predicted octanol–water partition coefficient (Wildman–Crippen LogP) is 3.82. The molecule has 0 unspecified atom stereocenters. The summed E-state index contributed by atoms with van der Waals surface area (Å²) >= 11 is 6.10. The van der Waals surface area contributed by atoms with Crippen molar-refractivity contribution < 1.29 is 9.90 Å². The van der Waals surface area contributed by atoms with Crippen molar-refractivity contribution in [3.8, 4) is 5.75 Å². The molecule has 1 aliphatic carbocycles. The molecule has 0 saturated heterocycles. The number of phenols is 1. The molecule has 1 aromatic carbocycles. The van der Waals surface area contributed by atoms with Crippen LogP contribution < -0.4 is 5.32 Å². The minimum atomic E-state index is -0.164. The van der Waals surface area contributed by atoms with Gasteiger partial charge in [-0.3, -0.25) is 9.79 Å². The lowest BCUT2D eigenvalue weighted by atomic mass is 9.91. The van der Waals surface area contributed by atoms with Crippen molar-refractivity contribution in [3.05, 3.63) is 34.4 Å². The number of hydrogen-bond acceptors (Lipinski definition) is 4. The van der Waals surface area contributed by atoms with Crippen LogP contribution in [-0.4, -0.2) is 28.7 Å². The summed E-state index contributed by atoms with van der Waals surface area (Å²) in [4.78, 5) is 16.7. The fraction of sp³-hybridized carbons (Fsp3) is 0.375. The van der Waals surface area contributed by atoms with E-state index in [1.165, 1.54) is 6.08 Å². The summed E-state index contributed by atoms with van der Waals surface area (Å²) in [6.45, 7) is 7.82. The van der Waals surface area contributed by atoms with Crippen molar-refractivity contribution in [2.75, 3.05) is 5.32 Å². The van der Waals surface area contributed by atoms with E-state index in [9.17, 15) is 9.90 Å². The molecule has 0 saturated carbocycles. The summed E-state index contributed by atoms with van der Waals surface area (Å²) in [5, 5.41) is 13.7. The molecule has 21 heavy (non-hydrogen) atoms. The number of nitrogens with one attached hydrogen (secondary N) is 1. The number of hydrogen-bond donors (Lipinski definition) is 2. The molecule has 1 aliphatic rings. The van der Waals surface area contributed by atoms with Crippen molar-refractivity contribution in [2.45, 2.75) is 39.8 Å². The van der Waals surface area contributed by atoms with E-state index < -0.39 is 0 Å². The number of fused-ring (bicyclic) bond motifs is 1. The van der Waals surface area contributed by atoms with E-state index in [2.05, 4.69) is 10.3 Å². The maximum absolute atomic E-state index is 12.2. The van der Waals surface area contributed by atoms with E-state index in [1.807, 2.05) is 27.7 Å². The van der Waals surface area contributed by atoms with Gasteiger partial charge in [0.25, 0.3) is 0 Å². The van der Waals surface area contributed by atoms with E-state index in [4.69, 9.17) is 11.6 Å². The van der Waals surface area contributed by atoms with Crippen molar-refractivity contribution in [1.29, 1.82) is 0 Å². The average molecular weight is 307 g/mol. The van der Waals surface area contributed by atoms with Gasteiger partial charge in [0.2, 0.25) is 0 Å². The third-order valence-corrected chi connectivity index (χ3v) is 3.28. The molecule has 0 heterocycles. The summed E-state index contributed by atoms with van der Waals surface area (Å²) in [5.41, 5.74) is 2.03. The van der Waals surface area contributed by atoms with E-state index in [1.54, 1.807) is 12.1 Å². The maximum atomic E-state index is 12.2. The molecule has 0 amide bonds. The zero-order chi connectivity index (χ0) is 15.7. The van der Waals surface area contributed by atoms with Gasteiger partial charge in [-0.2, -0.15) is 0 Å². The molecular formula is C16H19ClN2O2. The largest absolute Gasteiger partial charge is 0.506 e. The number of allylic oxidation sites excluding steroid dienone is 2. The molecule has 4 nitrogen and oxygen atoms in total. The molecule has 2 N–H and O–H groups in total. The van der Waals surface area contributed by atoms with Crippen molar-refractivity contribution >= 4 is 28.8 Å². The smallest absolute Gasteiger partial charge is 0.188 e. The minimum Gasteiger partial charge on any atom is -0.506 e. The van der Waals surface area contributed by atoms with Crippen LogP contribution in [0.4, 0.5) is 5.69 Å². The van der Waals surface area contributed by atoms with Gasteiger partial charge in [0.1, 0.15) is 5.75 Å². The number of ketones is 1. The summed E-state index contributed by atoms with van der Waals surface area (Å²) in [6, 6.07) is 1.77. The van der Waals surface area contributed by atoms with Crippen LogP contribution >= 0.6 is 11.6 Å². The number of aliphatic imine (C=N–C) groups is 1. The van der Waals surface area contributed by atoms with Gasteiger partial charge in [0.15, 0.2) is 5.78 Å². The highest BCUT2D eigenvalue weighted by Crippen LogP contribution is 2.38. The van der Waals surface area contributed by atoms with Crippen molar-refractivity contribution in [2.24, 2.45) is 4.99 Å². The maximum Gasteiger partial charge on any atom is 0.188 e. The van der Waals surface area contributed by atoms with Crippen LogP contribution in [0.2, 0.25) is 5.02 Å². The molecule has 1 aromatic rings. The highest BCUT2D eigenvalue weighted by atomic mass is 35.5. The minimum absolute atomic E-state index is 0.0468. The van der Waals surface area contributed by atoms with Crippen LogP contribution in [0, 0.1) is 0 Å². The molecule has 0 bridgehead atoms. The Bertz CT molecular complexity index is 646. The third-order valence-electron chi connectivity index (χ3n) is 2.99. The monoisotopic (exact) mass is 306 g/mol. The average Bonchev–Trinajstić information content (AvgIpc) is 2.36. The zero-order valence-electron chi connectivity index (χ0n) is 12.6. The van der Waals surface area contributed by atoms with Gasteiger partial charge in [-0.1, -0.05) is 11.6 Å². The van der Waals surface area contributed by atoms with E-state index in [0.717, 1.165) is 0 Å². The standard InChI is InChI=1S/C16H19ClN2O2/c1-8(2)18-11-5-6-13(20)14-12(19-9(3)4)7-10(17)16(21)15(11)14/h5-9,19,21H,1-4H3. The molecule has 0 radical (unpaired) electrons. The fourth-order valence-electron chi connectivity index (χ4n) is 2.28. The van der Waals surface area contributed by atoms with Gasteiger partial charge in [-0.25, -0.2) is 0 Å². The molecular weight excluding hydrogens is 288 g/mol. The Morgan fingerprint density at radius 1 is 1.19 bits per heavy atom. The van der Waals surface area contributed by atoms with Crippen LogP contribution in [0.25, 0.3) is 0 Å². The Kier molecular flexibility index (Phi) is 4.37. The first-order valence-corrected chi connectivity index (χ1v) is 7.31. The highest BCUT2D eigenvalue weighted by Gasteiger charge is 2.27. The number of benzene rings is 1. The lowest BCUT2D eigenvalue weighted by Gasteiger charge is -2.21. The first kappa shape index (κ1) is 15.6.